The molecule has 1 unspecified atom stereocenters. The first-order valence-corrected chi connectivity index (χ1v) is 9.89. The standard InChI is InChI=1S/C17H28BrN7O/c1-19-16(20-11-13-5-4-6-23(13)2)24-7-9-25(10-8-24)17-21-12-14(18)15(22-17)26-3/h12-13H,4-11H2,1-3H3,(H,19,20). The molecule has 3 rings (SSSR count). The highest BCUT2D eigenvalue weighted by molar-refractivity contribution is 9.10. The smallest absolute Gasteiger partial charge is 0.232 e. The molecule has 144 valence electrons. The second-order valence-electron chi connectivity index (χ2n) is 6.71. The number of anilines is 1. The number of guanidine groups is 1. The lowest BCUT2D eigenvalue weighted by molar-refractivity contribution is 0.303. The number of nitrogens with zero attached hydrogens (tertiary/aromatic N) is 6. The van der Waals surface area contributed by atoms with Crippen LogP contribution in [0.15, 0.2) is 15.7 Å². The highest BCUT2D eigenvalue weighted by Gasteiger charge is 2.24. The highest BCUT2D eigenvalue weighted by atomic mass is 79.9. The fourth-order valence-electron chi connectivity index (χ4n) is 3.54. The van der Waals surface area contributed by atoms with Crippen LogP contribution >= 0.6 is 15.9 Å². The molecule has 1 aromatic rings. The number of ether oxygens (including phenoxy) is 1. The van der Waals surface area contributed by atoms with Crippen LogP contribution in [0.25, 0.3) is 0 Å². The van der Waals surface area contributed by atoms with Crippen LogP contribution in [0.5, 0.6) is 5.88 Å². The van der Waals surface area contributed by atoms with E-state index < -0.39 is 0 Å². The maximum Gasteiger partial charge on any atom is 0.232 e. The Balaban J connectivity index is 1.53. The van der Waals surface area contributed by atoms with Crippen LogP contribution < -0.4 is 15.0 Å². The van der Waals surface area contributed by atoms with Crippen molar-refractivity contribution in [2.24, 2.45) is 4.99 Å². The van der Waals surface area contributed by atoms with E-state index in [1.165, 1.54) is 19.4 Å². The number of hydrogen-bond acceptors (Lipinski definition) is 6. The Labute approximate surface area is 163 Å². The van der Waals surface area contributed by atoms with Gasteiger partial charge in [-0.25, -0.2) is 4.98 Å². The van der Waals surface area contributed by atoms with E-state index in [9.17, 15) is 0 Å². The van der Waals surface area contributed by atoms with Crippen LogP contribution in [0, 0.1) is 0 Å². The molecule has 0 saturated carbocycles. The molecule has 0 spiro atoms. The average molecular weight is 426 g/mol. The maximum absolute atomic E-state index is 5.27. The lowest BCUT2D eigenvalue weighted by Crippen LogP contribution is -2.54. The number of aromatic nitrogens is 2. The summed E-state index contributed by atoms with van der Waals surface area (Å²) in [7, 11) is 5.68. The third kappa shape index (κ3) is 4.37. The fourth-order valence-corrected chi connectivity index (χ4v) is 3.89. The van der Waals surface area contributed by atoms with Crippen molar-refractivity contribution in [1.82, 2.24) is 25.1 Å². The maximum atomic E-state index is 5.27. The van der Waals surface area contributed by atoms with Crippen molar-refractivity contribution < 1.29 is 4.74 Å². The van der Waals surface area contributed by atoms with Gasteiger partial charge in [0, 0.05) is 45.8 Å². The van der Waals surface area contributed by atoms with Gasteiger partial charge in [0.05, 0.1) is 17.8 Å². The van der Waals surface area contributed by atoms with E-state index in [1.54, 1.807) is 13.3 Å². The molecule has 0 aliphatic carbocycles. The van der Waals surface area contributed by atoms with Gasteiger partial charge in [-0.2, -0.15) is 4.98 Å². The van der Waals surface area contributed by atoms with Crippen LogP contribution in [0.4, 0.5) is 5.95 Å². The van der Waals surface area contributed by atoms with Crippen molar-refractivity contribution in [3.05, 3.63) is 10.7 Å². The van der Waals surface area contributed by atoms with E-state index >= 15 is 0 Å². The van der Waals surface area contributed by atoms with E-state index in [4.69, 9.17) is 4.74 Å². The van der Waals surface area contributed by atoms with Crippen molar-refractivity contribution in [3.8, 4) is 5.88 Å². The summed E-state index contributed by atoms with van der Waals surface area (Å²) >= 11 is 3.40. The third-order valence-corrected chi connectivity index (χ3v) is 5.68. The number of likely N-dealkylation sites (N-methyl/N-ethyl adjacent to an activating group) is 1. The average Bonchev–Trinajstić information content (AvgIpc) is 3.08. The predicted octanol–water partition coefficient (Wildman–Crippen LogP) is 1.04. The van der Waals surface area contributed by atoms with Crippen LogP contribution in [0.3, 0.4) is 0 Å². The zero-order chi connectivity index (χ0) is 18.5. The summed E-state index contributed by atoms with van der Waals surface area (Å²) in [4.78, 5) is 20.3. The fraction of sp³-hybridized carbons (Fsp3) is 0.706. The first kappa shape index (κ1) is 19.2. The molecule has 0 amide bonds. The first-order valence-electron chi connectivity index (χ1n) is 9.09. The Morgan fingerprint density at radius 1 is 1.35 bits per heavy atom. The van der Waals surface area contributed by atoms with E-state index in [-0.39, 0.29) is 0 Å². The Morgan fingerprint density at radius 2 is 2.12 bits per heavy atom. The van der Waals surface area contributed by atoms with Gasteiger partial charge in [0.25, 0.3) is 0 Å². The summed E-state index contributed by atoms with van der Waals surface area (Å²) in [5.41, 5.74) is 0. The van der Waals surface area contributed by atoms with Gasteiger partial charge < -0.3 is 24.8 Å². The number of hydrogen-bond donors (Lipinski definition) is 1. The highest BCUT2D eigenvalue weighted by Crippen LogP contribution is 2.24. The second-order valence-corrected chi connectivity index (χ2v) is 7.56. The van der Waals surface area contributed by atoms with Crippen molar-refractivity contribution >= 4 is 27.8 Å². The minimum Gasteiger partial charge on any atom is -0.480 e. The summed E-state index contributed by atoms with van der Waals surface area (Å²) in [6, 6.07) is 0.608. The molecular weight excluding hydrogens is 398 g/mol. The van der Waals surface area contributed by atoms with Crippen LogP contribution in [-0.4, -0.2) is 92.2 Å². The number of rotatable bonds is 4. The van der Waals surface area contributed by atoms with Crippen LogP contribution in [0.1, 0.15) is 12.8 Å². The van der Waals surface area contributed by atoms with E-state index in [2.05, 4.69) is 58.0 Å². The van der Waals surface area contributed by atoms with Gasteiger partial charge in [-0.15, -0.1) is 0 Å². The monoisotopic (exact) mass is 425 g/mol. The number of methoxy groups -OCH3 is 1. The van der Waals surface area contributed by atoms with E-state index in [0.29, 0.717) is 17.9 Å². The Kier molecular flexibility index (Phi) is 6.53. The number of piperazine rings is 1. The van der Waals surface area contributed by atoms with Gasteiger partial charge in [-0.3, -0.25) is 4.99 Å². The molecule has 2 saturated heterocycles. The zero-order valence-corrected chi connectivity index (χ0v) is 17.4. The Morgan fingerprint density at radius 3 is 2.73 bits per heavy atom. The molecule has 2 fully saturated rings. The molecule has 8 nitrogen and oxygen atoms in total. The number of aliphatic imine (C=N–C) groups is 1. The third-order valence-electron chi connectivity index (χ3n) is 5.13. The summed E-state index contributed by atoms with van der Waals surface area (Å²) < 4.78 is 6.04. The van der Waals surface area contributed by atoms with E-state index in [1.807, 2.05) is 7.05 Å². The molecule has 1 N–H and O–H groups in total. The first-order chi connectivity index (χ1) is 12.6. The summed E-state index contributed by atoms with van der Waals surface area (Å²) in [6.45, 7) is 5.64. The molecule has 26 heavy (non-hydrogen) atoms. The van der Waals surface area contributed by atoms with Crippen LogP contribution in [-0.2, 0) is 0 Å². The minimum absolute atomic E-state index is 0.565. The lowest BCUT2D eigenvalue weighted by Gasteiger charge is -2.37. The number of nitrogens with one attached hydrogen (secondary N) is 1. The van der Waals surface area contributed by atoms with Gasteiger partial charge in [-0.1, -0.05) is 0 Å². The summed E-state index contributed by atoms with van der Waals surface area (Å²) in [6.07, 6.45) is 4.29. The lowest BCUT2D eigenvalue weighted by atomic mass is 10.2. The quantitative estimate of drug-likeness (QED) is 0.570. The van der Waals surface area contributed by atoms with Crippen LogP contribution in [0.2, 0.25) is 0 Å². The molecule has 3 heterocycles. The molecule has 2 aliphatic rings. The predicted molar refractivity (Wildman–Crippen MR) is 107 cm³/mol. The molecule has 0 bridgehead atoms. The summed E-state index contributed by atoms with van der Waals surface area (Å²) in [5, 5.41) is 3.55. The topological polar surface area (TPSA) is 69.1 Å². The largest absolute Gasteiger partial charge is 0.480 e. The SMILES string of the molecule is CN=C(NCC1CCCN1C)N1CCN(c2ncc(Br)c(OC)n2)CC1. The Hall–Kier alpha value is -1.61. The molecule has 1 aromatic heterocycles. The Bertz CT molecular complexity index is 634. The molecule has 9 heteroatoms. The van der Waals surface area contributed by atoms with E-state index in [0.717, 1.165) is 43.2 Å². The minimum atomic E-state index is 0.565. The molecular formula is C17H28BrN7O. The normalized spacial score (nSPS) is 22.0. The molecule has 1 atom stereocenters. The zero-order valence-electron chi connectivity index (χ0n) is 15.8. The van der Waals surface area contributed by atoms with Gasteiger partial charge in [-0.05, 0) is 42.4 Å². The summed E-state index contributed by atoms with van der Waals surface area (Å²) in [5.74, 6) is 2.26. The van der Waals surface area contributed by atoms with Gasteiger partial charge in [0.15, 0.2) is 5.96 Å². The van der Waals surface area contributed by atoms with Gasteiger partial charge >= 0.3 is 0 Å². The van der Waals surface area contributed by atoms with Crippen molar-refractivity contribution in [2.75, 3.05) is 65.4 Å². The molecule has 0 aromatic carbocycles. The molecule has 0 radical (unpaired) electrons. The van der Waals surface area contributed by atoms with Gasteiger partial charge in [0.2, 0.25) is 11.8 Å². The number of likely N-dealkylation sites (tertiary alicyclic amines) is 1. The van der Waals surface area contributed by atoms with Gasteiger partial charge in [0.1, 0.15) is 0 Å². The number of halogens is 1. The second kappa shape index (κ2) is 8.85. The van der Waals surface area contributed by atoms with Crippen molar-refractivity contribution in [3.63, 3.8) is 0 Å². The van der Waals surface area contributed by atoms with Crippen molar-refractivity contribution in [1.29, 1.82) is 0 Å². The molecule has 2 aliphatic heterocycles. The van der Waals surface area contributed by atoms with Crippen molar-refractivity contribution in [2.45, 2.75) is 18.9 Å².